The minimum atomic E-state index is -0.293. The number of aryl methyl sites for hydroxylation is 1. The Morgan fingerprint density at radius 2 is 1.85 bits per heavy atom. The van der Waals surface area contributed by atoms with Gasteiger partial charge in [0.25, 0.3) is 0 Å². The maximum Gasteiger partial charge on any atom is 0.242 e. The van der Waals surface area contributed by atoms with Gasteiger partial charge in [0.05, 0.1) is 18.0 Å². The molecule has 2 aromatic rings. The van der Waals surface area contributed by atoms with E-state index in [4.69, 9.17) is 0 Å². The predicted octanol–water partition coefficient (Wildman–Crippen LogP) is 4.38. The number of amides is 1. The van der Waals surface area contributed by atoms with Gasteiger partial charge >= 0.3 is 0 Å². The third kappa shape index (κ3) is 4.38. The molecule has 2 aromatic carbocycles. The maximum absolute atomic E-state index is 13.1. The molecule has 4 nitrogen and oxygen atoms in total. The molecule has 3 rings (SSSR count). The molecule has 6 heteroatoms. The van der Waals surface area contributed by atoms with Gasteiger partial charge in [-0.2, -0.15) is 5.10 Å². The SMILES string of the molecule is CCC1SC(=NN=Cc2ccc(C)cc2)N(Cc2ccc(F)cc2)C1=O. The quantitative estimate of drug-likeness (QED) is 0.580. The molecule has 1 fully saturated rings. The summed E-state index contributed by atoms with van der Waals surface area (Å²) in [7, 11) is 0. The summed E-state index contributed by atoms with van der Waals surface area (Å²) >= 11 is 1.43. The second kappa shape index (κ2) is 8.27. The first-order valence-electron chi connectivity index (χ1n) is 8.47. The topological polar surface area (TPSA) is 45.0 Å². The zero-order chi connectivity index (χ0) is 18.5. The van der Waals surface area contributed by atoms with E-state index in [0.29, 0.717) is 11.7 Å². The first kappa shape index (κ1) is 18.3. The van der Waals surface area contributed by atoms with E-state index >= 15 is 0 Å². The van der Waals surface area contributed by atoms with Gasteiger partial charge in [-0.05, 0) is 36.6 Å². The molecule has 0 spiro atoms. The molecule has 134 valence electrons. The summed E-state index contributed by atoms with van der Waals surface area (Å²) in [6.07, 6.45) is 2.40. The fraction of sp³-hybridized carbons (Fsp3) is 0.250. The minimum Gasteiger partial charge on any atom is -0.284 e. The molecular formula is C20H20FN3OS. The highest BCUT2D eigenvalue weighted by Crippen LogP contribution is 2.30. The number of hydrogen-bond donors (Lipinski definition) is 0. The van der Waals surface area contributed by atoms with E-state index in [-0.39, 0.29) is 17.0 Å². The Bertz CT molecular complexity index is 831. The van der Waals surface area contributed by atoms with Crippen molar-refractivity contribution in [2.75, 3.05) is 0 Å². The van der Waals surface area contributed by atoms with Crippen LogP contribution >= 0.6 is 11.8 Å². The molecule has 1 saturated heterocycles. The first-order chi connectivity index (χ1) is 12.6. The lowest BCUT2D eigenvalue weighted by Crippen LogP contribution is -2.31. The number of halogens is 1. The average Bonchev–Trinajstić information content (AvgIpc) is 2.94. The van der Waals surface area contributed by atoms with Crippen LogP contribution in [0.4, 0.5) is 4.39 Å². The van der Waals surface area contributed by atoms with E-state index in [1.807, 2.05) is 38.1 Å². The van der Waals surface area contributed by atoms with Crippen LogP contribution in [0.15, 0.2) is 58.7 Å². The number of carbonyl (C=O) groups is 1. The number of carbonyl (C=O) groups excluding carboxylic acids is 1. The highest BCUT2D eigenvalue weighted by Gasteiger charge is 2.36. The molecule has 1 heterocycles. The maximum atomic E-state index is 13.1. The lowest BCUT2D eigenvalue weighted by molar-refractivity contribution is -0.126. The Morgan fingerprint density at radius 1 is 1.15 bits per heavy atom. The second-order valence-electron chi connectivity index (χ2n) is 6.10. The molecule has 0 radical (unpaired) electrons. The molecule has 1 aliphatic rings. The number of amidine groups is 1. The molecule has 1 amide bonds. The van der Waals surface area contributed by atoms with Gasteiger partial charge in [0.15, 0.2) is 5.17 Å². The molecule has 26 heavy (non-hydrogen) atoms. The smallest absolute Gasteiger partial charge is 0.242 e. The van der Waals surface area contributed by atoms with E-state index in [1.165, 1.54) is 29.5 Å². The predicted molar refractivity (Wildman–Crippen MR) is 105 cm³/mol. The monoisotopic (exact) mass is 369 g/mol. The number of benzene rings is 2. The Balaban J connectivity index is 1.78. The van der Waals surface area contributed by atoms with E-state index in [2.05, 4.69) is 10.2 Å². The van der Waals surface area contributed by atoms with Crippen molar-refractivity contribution < 1.29 is 9.18 Å². The molecule has 0 aliphatic carbocycles. The standard InChI is InChI=1S/C20H20FN3OS/c1-3-18-19(25)24(13-16-8-10-17(21)11-9-16)20(26-18)23-22-12-15-6-4-14(2)5-7-15/h4-12,18H,3,13H2,1-2H3. The minimum absolute atomic E-state index is 0.0195. The molecule has 0 N–H and O–H groups in total. The van der Waals surface area contributed by atoms with Crippen LogP contribution < -0.4 is 0 Å². The van der Waals surface area contributed by atoms with Crippen molar-refractivity contribution in [3.05, 3.63) is 71.0 Å². The Kier molecular flexibility index (Phi) is 5.83. The number of hydrogen-bond acceptors (Lipinski definition) is 4. The van der Waals surface area contributed by atoms with E-state index < -0.39 is 0 Å². The molecule has 1 aliphatic heterocycles. The summed E-state index contributed by atoms with van der Waals surface area (Å²) in [4.78, 5) is 14.2. The first-order valence-corrected chi connectivity index (χ1v) is 9.35. The highest BCUT2D eigenvalue weighted by molar-refractivity contribution is 8.15. The molecule has 0 aromatic heterocycles. The molecule has 1 atom stereocenters. The van der Waals surface area contributed by atoms with Crippen LogP contribution in [0.3, 0.4) is 0 Å². The van der Waals surface area contributed by atoms with Crippen LogP contribution in [0.2, 0.25) is 0 Å². The van der Waals surface area contributed by atoms with Crippen LogP contribution in [-0.2, 0) is 11.3 Å². The zero-order valence-corrected chi connectivity index (χ0v) is 15.5. The van der Waals surface area contributed by atoms with E-state index in [1.54, 1.807) is 23.2 Å². The lowest BCUT2D eigenvalue weighted by atomic mass is 10.2. The summed E-state index contributed by atoms with van der Waals surface area (Å²) in [5.74, 6) is -0.273. The van der Waals surface area contributed by atoms with Crippen LogP contribution in [0.5, 0.6) is 0 Å². The largest absolute Gasteiger partial charge is 0.284 e. The van der Waals surface area contributed by atoms with E-state index in [9.17, 15) is 9.18 Å². The Hall–Kier alpha value is -2.47. The van der Waals surface area contributed by atoms with Crippen LogP contribution in [-0.4, -0.2) is 27.4 Å². The van der Waals surface area contributed by atoms with Crippen LogP contribution in [0.25, 0.3) is 0 Å². The Labute approximate surface area is 156 Å². The second-order valence-corrected chi connectivity index (χ2v) is 7.27. The average molecular weight is 369 g/mol. The molecule has 0 bridgehead atoms. The third-order valence-corrected chi connectivity index (χ3v) is 5.40. The third-order valence-electron chi connectivity index (χ3n) is 4.07. The lowest BCUT2D eigenvalue weighted by Gasteiger charge is -2.15. The molecule has 1 unspecified atom stereocenters. The summed E-state index contributed by atoms with van der Waals surface area (Å²) in [5.41, 5.74) is 2.99. The van der Waals surface area contributed by atoms with Crippen molar-refractivity contribution in [1.82, 2.24) is 4.90 Å². The van der Waals surface area contributed by atoms with Gasteiger partial charge in [0, 0.05) is 0 Å². The Morgan fingerprint density at radius 3 is 2.50 bits per heavy atom. The highest BCUT2D eigenvalue weighted by atomic mass is 32.2. The number of thioether (sulfide) groups is 1. The van der Waals surface area contributed by atoms with Crippen LogP contribution in [0, 0.1) is 12.7 Å². The van der Waals surface area contributed by atoms with Gasteiger partial charge in [-0.25, -0.2) is 4.39 Å². The van der Waals surface area contributed by atoms with Crippen molar-refractivity contribution in [2.24, 2.45) is 10.2 Å². The van der Waals surface area contributed by atoms with Crippen molar-refractivity contribution in [3.63, 3.8) is 0 Å². The summed E-state index contributed by atoms with van der Waals surface area (Å²) in [6, 6.07) is 14.1. The van der Waals surface area contributed by atoms with Crippen molar-refractivity contribution in [1.29, 1.82) is 0 Å². The van der Waals surface area contributed by atoms with Gasteiger partial charge in [0.1, 0.15) is 5.82 Å². The van der Waals surface area contributed by atoms with Gasteiger partial charge in [-0.3, -0.25) is 9.69 Å². The van der Waals surface area contributed by atoms with Gasteiger partial charge in [-0.15, -0.1) is 5.10 Å². The van der Waals surface area contributed by atoms with Crippen LogP contribution in [0.1, 0.15) is 30.0 Å². The summed E-state index contributed by atoms with van der Waals surface area (Å²) in [5, 5.41) is 8.84. The van der Waals surface area contributed by atoms with Gasteiger partial charge in [-0.1, -0.05) is 60.6 Å². The van der Waals surface area contributed by atoms with Gasteiger partial charge < -0.3 is 0 Å². The van der Waals surface area contributed by atoms with Crippen molar-refractivity contribution in [2.45, 2.75) is 32.1 Å². The summed E-state index contributed by atoms with van der Waals surface area (Å²) in [6.45, 7) is 4.37. The normalized spacial score (nSPS) is 19.0. The number of rotatable bonds is 5. The van der Waals surface area contributed by atoms with Gasteiger partial charge in [0.2, 0.25) is 5.91 Å². The number of nitrogens with zero attached hydrogens (tertiary/aromatic N) is 3. The van der Waals surface area contributed by atoms with Crippen molar-refractivity contribution >= 4 is 29.1 Å². The summed E-state index contributed by atoms with van der Waals surface area (Å²) < 4.78 is 13.1. The molecule has 0 saturated carbocycles. The fourth-order valence-electron chi connectivity index (χ4n) is 2.56. The zero-order valence-electron chi connectivity index (χ0n) is 14.7. The van der Waals surface area contributed by atoms with E-state index in [0.717, 1.165) is 17.5 Å². The van der Waals surface area contributed by atoms with Crippen molar-refractivity contribution in [3.8, 4) is 0 Å². The molecular weight excluding hydrogens is 349 g/mol. The fourth-order valence-corrected chi connectivity index (χ4v) is 3.59.